The summed E-state index contributed by atoms with van der Waals surface area (Å²) in [5.74, 6) is 0. The monoisotopic (exact) mass is 359 g/mol. The molecule has 0 N–H and O–H groups in total. The quantitative estimate of drug-likeness (QED) is 0.702. The molecule has 0 bridgehead atoms. The standard InChI is InChI=1S/C19H21NO2S2/c1-14(24(21,22)20-10-4-5-11-20)15-8-9-19-17(12-15)13-16-6-2-3-7-18(16)23-19/h2-3,6-9,12,14H,4-5,10-11,13H2,1H3. The maximum atomic E-state index is 12.8. The van der Waals surface area contributed by atoms with Crippen LogP contribution in [0.5, 0.6) is 0 Å². The fraction of sp³-hybridized carbons (Fsp3) is 0.368. The summed E-state index contributed by atoms with van der Waals surface area (Å²) in [6, 6.07) is 14.6. The smallest absolute Gasteiger partial charge is 0.212 e. The molecule has 2 aliphatic rings. The van der Waals surface area contributed by atoms with Crippen molar-refractivity contribution in [1.82, 2.24) is 4.31 Å². The summed E-state index contributed by atoms with van der Waals surface area (Å²) < 4.78 is 27.3. The van der Waals surface area contributed by atoms with Crippen molar-refractivity contribution in [2.75, 3.05) is 13.1 Å². The van der Waals surface area contributed by atoms with E-state index in [1.165, 1.54) is 20.9 Å². The molecule has 0 spiro atoms. The lowest BCUT2D eigenvalue weighted by Gasteiger charge is -2.24. The number of sulfonamides is 1. The van der Waals surface area contributed by atoms with Crippen molar-refractivity contribution in [1.29, 1.82) is 0 Å². The van der Waals surface area contributed by atoms with Gasteiger partial charge in [-0.1, -0.05) is 42.1 Å². The number of hydrogen-bond acceptors (Lipinski definition) is 3. The largest absolute Gasteiger partial charge is 0.220 e. The normalized spacial score (nSPS) is 18.9. The summed E-state index contributed by atoms with van der Waals surface area (Å²) in [6.45, 7) is 3.15. The molecule has 2 heterocycles. The third kappa shape index (κ3) is 2.79. The summed E-state index contributed by atoms with van der Waals surface area (Å²) in [5, 5.41) is -0.483. The summed E-state index contributed by atoms with van der Waals surface area (Å²) in [4.78, 5) is 2.54. The van der Waals surface area contributed by atoms with E-state index in [2.05, 4.69) is 36.4 Å². The van der Waals surface area contributed by atoms with Crippen LogP contribution in [0.25, 0.3) is 0 Å². The van der Waals surface area contributed by atoms with Gasteiger partial charge in [-0.3, -0.25) is 0 Å². The van der Waals surface area contributed by atoms with E-state index in [1.807, 2.05) is 13.0 Å². The van der Waals surface area contributed by atoms with Crippen LogP contribution in [0.2, 0.25) is 0 Å². The molecular formula is C19H21NO2S2. The molecule has 1 fully saturated rings. The van der Waals surface area contributed by atoms with Gasteiger partial charge in [-0.15, -0.1) is 0 Å². The van der Waals surface area contributed by atoms with Crippen LogP contribution in [0.3, 0.4) is 0 Å². The Bertz CT molecular complexity index is 871. The van der Waals surface area contributed by atoms with E-state index in [4.69, 9.17) is 0 Å². The lowest BCUT2D eigenvalue weighted by molar-refractivity contribution is 0.468. The summed E-state index contributed by atoms with van der Waals surface area (Å²) in [6.07, 6.45) is 2.83. The lowest BCUT2D eigenvalue weighted by Crippen LogP contribution is -2.31. The van der Waals surface area contributed by atoms with Crippen LogP contribution in [-0.4, -0.2) is 25.8 Å². The highest BCUT2D eigenvalue weighted by molar-refractivity contribution is 7.99. The summed E-state index contributed by atoms with van der Waals surface area (Å²) in [7, 11) is -3.25. The van der Waals surface area contributed by atoms with Gasteiger partial charge in [0, 0.05) is 22.9 Å². The molecule has 126 valence electrons. The molecular weight excluding hydrogens is 338 g/mol. The minimum Gasteiger partial charge on any atom is -0.212 e. The number of nitrogens with zero attached hydrogens (tertiary/aromatic N) is 1. The van der Waals surface area contributed by atoms with E-state index in [0.29, 0.717) is 13.1 Å². The fourth-order valence-corrected chi connectivity index (χ4v) is 6.26. The Balaban J connectivity index is 1.64. The van der Waals surface area contributed by atoms with Gasteiger partial charge in [0.1, 0.15) is 0 Å². The van der Waals surface area contributed by atoms with Crippen LogP contribution in [0.4, 0.5) is 0 Å². The molecule has 3 nitrogen and oxygen atoms in total. The Morgan fingerprint density at radius 1 is 1.00 bits per heavy atom. The molecule has 5 heteroatoms. The Kier molecular flexibility index (Phi) is 4.19. The highest BCUT2D eigenvalue weighted by Gasteiger charge is 2.32. The topological polar surface area (TPSA) is 37.4 Å². The maximum absolute atomic E-state index is 12.8. The molecule has 0 aliphatic carbocycles. The van der Waals surface area contributed by atoms with E-state index in [0.717, 1.165) is 24.8 Å². The van der Waals surface area contributed by atoms with E-state index >= 15 is 0 Å². The molecule has 0 saturated carbocycles. The van der Waals surface area contributed by atoms with Crippen molar-refractivity contribution in [3.05, 3.63) is 59.2 Å². The minimum atomic E-state index is -3.25. The van der Waals surface area contributed by atoms with Crippen molar-refractivity contribution in [2.45, 2.75) is 41.2 Å². The number of benzene rings is 2. The molecule has 2 aromatic rings. The molecule has 1 unspecified atom stereocenters. The van der Waals surface area contributed by atoms with Gasteiger partial charge < -0.3 is 0 Å². The molecule has 0 aromatic heterocycles. The average Bonchev–Trinajstić information content (AvgIpc) is 3.14. The third-order valence-corrected chi connectivity index (χ3v) is 8.49. The molecule has 0 amide bonds. The third-order valence-electron chi connectivity index (χ3n) is 5.00. The Morgan fingerprint density at radius 2 is 1.71 bits per heavy atom. The Morgan fingerprint density at radius 3 is 2.50 bits per heavy atom. The van der Waals surface area contributed by atoms with Gasteiger partial charge >= 0.3 is 0 Å². The lowest BCUT2D eigenvalue weighted by atomic mass is 10.0. The first kappa shape index (κ1) is 16.2. The van der Waals surface area contributed by atoms with Gasteiger partial charge in [0.05, 0.1) is 5.25 Å². The second kappa shape index (κ2) is 6.21. The van der Waals surface area contributed by atoms with Gasteiger partial charge in [-0.2, -0.15) is 0 Å². The number of fused-ring (bicyclic) bond motifs is 2. The molecule has 0 radical (unpaired) electrons. The molecule has 24 heavy (non-hydrogen) atoms. The van der Waals surface area contributed by atoms with Crippen molar-refractivity contribution in [3.8, 4) is 0 Å². The van der Waals surface area contributed by atoms with E-state index < -0.39 is 15.3 Å². The van der Waals surface area contributed by atoms with Crippen LogP contribution in [-0.2, 0) is 16.4 Å². The van der Waals surface area contributed by atoms with E-state index in [-0.39, 0.29) is 0 Å². The predicted molar refractivity (Wildman–Crippen MR) is 98.0 cm³/mol. The number of hydrogen-bond donors (Lipinski definition) is 0. The molecule has 1 saturated heterocycles. The first-order chi connectivity index (χ1) is 11.6. The van der Waals surface area contributed by atoms with Crippen LogP contribution in [0.15, 0.2) is 52.3 Å². The van der Waals surface area contributed by atoms with Gasteiger partial charge in [-0.25, -0.2) is 12.7 Å². The van der Waals surface area contributed by atoms with Gasteiger partial charge in [-0.05, 0) is 55.0 Å². The Hall–Kier alpha value is -1.30. The summed E-state index contributed by atoms with van der Waals surface area (Å²) >= 11 is 1.78. The second-order valence-corrected chi connectivity index (χ2v) is 9.88. The van der Waals surface area contributed by atoms with Crippen molar-refractivity contribution in [3.63, 3.8) is 0 Å². The van der Waals surface area contributed by atoms with E-state index in [1.54, 1.807) is 16.1 Å². The van der Waals surface area contributed by atoms with Crippen LogP contribution in [0, 0.1) is 0 Å². The molecule has 1 atom stereocenters. The van der Waals surface area contributed by atoms with Crippen molar-refractivity contribution < 1.29 is 8.42 Å². The van der Waals surface area contributed by atoms with Crippen LogP contribution < -0.4 is 0 Å². The van der Waals surface area contributed by atoms with Crippen LogP contribution >= 0.6 is 11.8 Å². The highest BCUT2D eigenvalue weighted by Crippen LogP contribution is 2.41. The van der Waals surface area contributed by atoms with Crippen LogP contribution in [0.1, 0.15) is 41.7 Å². The SMILES string of the molecule is CC(c1ccc2c(c1)Cc1ccccc1S2)S(=O)(=O)N1CCCC1. The maximum Gasteiger partial charge on any atom is 0.220 e. The summed E-state index contributed by atoms with van der Waals surface area (Å²) in [5.41, 5.74) is 3.46. The first-order valence-electron chi connectivity index (χ1n) is 8.43. The minimum absolute atomic E-state index is 0.483. The van der Waals surface area contributed by atoms with Gasteiger partial charge in [0.25, 0.3) is 0 Å². The highest BCUT2D eigenvalue weighted by atomic mass is 32.2. The predicted octanol–water partition coefficient (Wildman–Crippen LogP) is 4.23. The fourth-order valence-electron chi connectivity index (χ4n) is 3.50. The second-order valence-electron chi connectivity index (χ2n) is 6.55. The first-order valence-corrected chi connectivity index (χ1v) is 10.8. The van der Waals surface area contributed by atoms with Gasteiger partial charge in [0.15, 0.2) is 0 Å². The zero-order chi connectivity index (χ0) is 16.7. The molecule has 2 aromatic carbocycles. The Labute approximate surface area is 148 Å². The zero-order valence-corrected chi connectivity index (χ0v) is 15.4. The van der Waals surface area contributed by atoms with Crippen molar-refractivity contribution in [2.24, 2.45) is 0 Å². The number of rotatable bonds is 3. The zero-order valence-electron chi connectivity index (χ0n) is 13.7. The van der Waals surface area contributed by atoms with E-state index in [9.17, 15) is 8.42 Å². The van der Waals surface area contributed by atoms with Crippen molar-refractivity contribution >= 4 is 21.8 Å². The molecule has 4 rings (SSSR count). The van der Waals surface area contributed by atoms with Gasteiger partial charge in [0.2, 0.25) is 10.0 Å². The average molecular weight is 360 g/mol. The molecule has 2 aliphatic heterocycles.